The van der Waals surface area contributed by atoms with Gasteiger partial charge in [-0.3, -0.25) is 4.79 Å². The van der Waals surface area contributed by atoms with E-state index in [-0.39, 0.29) is 11.3 Å². The highest BCUT2D eigenvalue weighted by Gasteiger charge is 2.49. The summed E-state index contributed by atoms with van der Waals surface area (Å²) in [5.41, 5.74) is 4.63. The number of carbonyl (C=O) groups is 1. The first kappa shape index (κ1) is 13.8. The van der Waals surface area contributed by atoms with E-state index >= 15 is 0 Å². The van der Waals surface area contributed by atoms with E-state index < -0.39 is 5.60 Å². The molecule has 0 bridgehead atoms. The predicted molar refractivity (Wildman–Crippen MR) is 70.9 cm³/mol. The zero-order valence-electron chi connectivity index (χ0n) is 11.4. The molecule has 0 atom stereocenters. The normalized spacial score (nSPS) is 34.1. The van der Waals surface area contributed by atoms with Crippen LogP contribution in [0.5, 0.6) is 0 Å². The van der Waals surface area contributed by atoms with E-state index in [1.54, 1.807) is 0 Å². The van der Waals surface area contributed by atoms with E-state index in [9.17, 15) is 9.90 Å². The Labute approximate surface area is 109 Å². The Morgan fingerprint density at radius 2 is 1.94 bits per heavy atom. The van der Waals surface area contributed by atoms with E-state index in [4.69, 9.17) is 5.73 Å². The smallest absolute Gasteiger partial charge is 0.227 e. The van der Waals surface area contributed by atoms with Gasteiger partial charge in [-0.1, -0.05) is 13.3 Å². The molecule has 4 N–H and O–H groups in total. The maximum Gasteiger partial charge on any atom is 0.227 e. The van der Waals surface area contributed by atoms with Crippen LogP contribution in [-0.4, -0.2) is 29.7 Å². The fourth-order valence-corrected chi connectivity index (χ4v) is 2.91. The monoisotopic (exact) mass is 254 g/mol. The summed E-state index contributed by atoms with van der Waals surface area (Å²) < 4.78 is 0. The van der Waals surface area contributed by atoms with Crippen LogP contribution < -0.4 is 11.1 Å². The standard InChI is InChI=1S/C14H26N2O2/c1-2-11-3-5-14(18,6-4-11)10-16-12(17)13(9-15)7-8-13/h11,18H,2-10,15H2,1H3,(H,16,17). The summed E-state index contributed by atoms with van der Waals surface area (Å²) in [7, 11) is 0. The molecule has 18 heavy (non-hydrogen) atoms. The third-order valence-electron chi connectivity index (χ3n) is 4.92. The van der Waals surface area contributed by atoms with Gasteiger partial charge in [-0.15, -0.1) is 0 Å². The Balaban J connectivity index is 1.78. The minimum Gasteiger partial charge on any atom is -0.388 e. The molecule has 0 aromatic rings. The first-order valence-electron chi connectivity index (χ1n) is 7.24. The number of amides is 1. The number of rotatable bonds is 5. The average Bonchev–Trinajstić information content (AvgIpc) is 3.18. The number of nitrogens with one attached hydrogen (secondary N) is 1. The van der Waals surface area contributed by atoms with Gasteiger partial charge in [0.05, 0.1) is 11.0 Å². The molecule has 2 aliphatic rings. The van der Waals surface area contributed by atoms with Crippen molar-refractivity contribution in [1.82, 2.24) is 5.32 Å². The van der Waals surface area contributed by atoms with Gasteiger partial charge in [-0.25, -0.2) is 0 Å². The van der Waals surface area contributed by atoms with Gasteiger partial charge >= 0.3 is 0 Å². The van der Waals surface area contributed by atoms with Crippen molar-refractivity contribution in [3.05, 3.63) is 0 Å². The molecule has 4 heteroatoms. The van der Waals surface area contributed by atoms with Crippen LogP contribution in [0.4, 0.5) is 0 Å². The molecule has 2 rings (SSSR count). The molecular formula is C14H26N2O2. The Hall–Kier alpha value is -0.610. The predicted octanol–water partition coefficient (Wildman–Crippen LogP) is 1.17. The minimum atomic E-state index is -0.688. The molecule has 104 valence electrons. The number of hydrogen-bond donors (Lipinski definition) is 3. The zero-order chi connectivity index (χ0) is 13.2. The van der Waals surface area contributed by atoms with Crippen molar-refractivity contribution in [1.29, 1.82) is 0 Å². The molecule has 0 spiro atoms. The lowest BCUT2D eigenvalue weighted by atomic mass is 9.78. The molecule has 0 aromatic carbocycles. The molecule has 0 heterocycles. The molecule has 2 aliphatic carbocycles. The molecular weight excluding hydrogens is 228 g/mol. The SMILES string of the molecule is CCC1CCC(O)(CNC(=O)C2(CN)CC2)CC1. The lowest BCUT2D eigenvalue weighted by Gasteiger charge is -2.36. The Kier molecular flexibility index (Phi) is 3.97. The molecule has 2 fully saturated rings. The topological polar surface area (TPSA) is 75.3 Å². The lowest BCUT2D eigenvalue weighted by Crippen LogP contribution is -2.48. The highest BCUT2D eigenvalue weighted by Crippen LogP contribution is 2.44. The Morgan fingerprint density at radius 3 is 2.39 bits per heavy atom. The second-order valence-corrected chi connectivity index (χ2v) is 6.24. The van der Waals surface area contributed by atoms with Gasteiger partial charge in [0.15, 0.2) is 0 Å². The van der Waals surface area contributed by atoms with E-state index in [1.807, 2.05) is 0 Å². The third kappa shape index (κ3) is 2.86. The van der Waals surface area contributed by atoms with Gasteiger partial charge in [0.2, 0.25) is 5.91 Å². The van der Waals surface area contributed by atoms with E-state index in [0.29, 0.717) is 13.1 Å². The van der Waals surface area contributed by atoms with Crippen LogP contribution in [0.3, 0.4) is 0 Å². The van der Waals surface area contributed by atoms with Crippen LogP contribution in [0.15, 0.2) is 0 Å². The third-order valence-corrected chi connectivity index (χ3v) is 4.92. The molecule has 0 unspecified atom stereocenters. The van der Waals surface area contributed by atoms with Gasteiger partial charge in [0.1, 0.15) is 0 Å². The Bertz CT molecular complexity index is 305. The van der Waals surface area contributed by atoms with Crippen molar-refractivity contribution in [2.45, 2.75) is 57.5 Å². The van der Waals surface area contributed by atoms with Gasteiger partial charge in [-0.2, -0.15) is 0 Å². The van der Waals surface area contributed by atoms with E-state index in [0.717, 1.165) is 44.4 Å². The molecule has 0 aromatic heterocycles. The Morgan fingerprint density at radius 1 is 1.33 bits per heavy atom. The quantitative estimate of drug-likeness (QED) is 0.689. The number of carbonyl (C=O) groups excluding carboxylic acids is 1. The molecule has 2 saturated carbocycles. The summed E-state index contributed by atoms with van der Waals surface area (Å²) >= 11 is 0. The van der Waals surface area contributed by atoms with Crippen molar-refractivity contribution >= 4 is 5.91 Å². The maximum atomic E-state index is 12.0. The second-order valence-electron chi connectivity index (χ2n) is 6.24. The first-order chi connectivity index (χ1) is 8.53. The minimum absolute atomic E-state index is 0.0380. The lowest BCUT2D eigenvalue weighted by molar-refractivity contribution is -0.127. The molecule has 0 saturated heterocycles. The van der Waals surface area contributed by atoms with Crippen LogP contribution in [0.2, 0.25) is 0 Å². The fraction of sp³-hybridized carbons (Fsp3) is 0.929. The van der Waals surface area contributed by atoms with Crippen molar-refractivity contribution in [3.63, 3.8) is 0 Å². The molecule has 4 nitrogen and oxygen atoms in total. The van der Waals surface area contributed by atoms with Gasteiger partial charge in [0, 0.05) is 13.1 Å². The van der Waals surface area contributed by atoms with Crippen LogP contribution >= 0.6 is 0 Å². The van der Waals surface area contributed by atoms with Crippen molar-refractivity contribution in [2.75, 3.05) is 13.1 Å². The number of aliphatic hydroxyl groups is 1. The first-order valence-corrected chi connectivity index (χ1v) is 7.24. The summed E-state index contributed by atoms with van der Waals surface area (Å²) in [5.74, 6) is 0.788. The van der Waals surface area contributed by atoms with Crippen LogP contribution in [-0.2, 0) is 4.79 Å². The zero-order valence-corrected chi connectivity index (χ0v) is 11.4. The summed E-state index contributed by atoms with van der Waals surface area (Å²) in [4.78, 5) is 12.0. The largest absolute Gasteiger partial charge is 0.388 e. The van der Waals surface area contributed by atoms with Crippen molar-refractivity contribution in [3.8, 4) is 0 Å². The molecule has 0 radical (unpaired) electrons. The average molecular weight is 254 g/mol. The summed E-state index contributed by atoms with van der Waals surface area (Å²) in [5, 5.41) is 13.4. The van der Waals surface area contributed by atoms with Gasteiger partial charge < -0.3 is 16.2 Å². The van der Waals surface area contributed by atoms with Crippen LogP contribution in [0.25, 0.3) is 0 Å². The molecule has 1 amide bonds. The number of nitrogens with two attached hydrogens (primary N) is 1. The number of hydrogen-bond acceptors (Lipinski definition) is 3. The highest BCUT2D eigenvalue weighted by atomic mass is 16.3. The fourth-order valence-electron chi connectivity index (χ4n) is 2.91. The van der Waals surface area contributed by atoms with Crippen LogP contribution in [0.1, 0.15) is 51.9 Å². The summed E-state index contributed by atoms with van der Waals surface area (Å²) in [6.07, 6.45) is 6.74. The summed E-state index contributed by atoms with van der Waals surface area (Å²) in [6.45, 7) is 3.02. The van der Waals surface area contributed by atoms with Crippen LogP contribution in [0, 0.1) is 11.3 Å². The second kappa shape index (κ2) is 5.17. The van der Waals surface area contributed by atoms with E-state index in [2.05, 4.69) is 12.2 Å². The van der Waals surface area contributed by atoms with Gasteiger partial charge in [-0.05, 0) is 44.4 Å². The van der Waals surface area contributed by atoms with Crippen molar-refractivity contribution < 1.29 is 9.90 Å². The highest BCUT2D eigenvalue weighted by molar-refractivity contribution is 5.85. The maximum absolute atomic E-state index is 12.0. The summed E-state index contributed by atoms with van der Waals surface area (Å²) in [6, 6.07) is 0. The van der Waals surface area contributed by atoms with Crippen molar-refractivity contribution in [2.24, 2.45) is 17.1 Å². The van der Waals surface area contributed by atoms with Gasteiger partial charge in [0.25, 0.3) is 0 Å². The molecule has 0 aliphatic heterocycles. The van der Waals surface area contributed by atoms with E-state index in [1.165, 1.54) is 6.42 Å².